The van der Waals surface area contributed by atoms with Gasteiger partial charge in [-0.25, -0.2) is 0 Å². The van der Waals surface area contributed by atoms with Crippen molar-refractivity contribution < 1.29 is 13.6 Å². The van der Waals surface area contributed by atoms with E-state index in [1.54, 1.807) is 18.2 Å². The predicted molar refractivity (Wildman–Crippen MR) is 85.1 cm³/mol. The summed E-state index contributed by atoms with van der Waals surface area (Å²) >= 11 is 7.77. The molecule has 1 amide bonds. The number of carbonyl (C=O) groups excluding carboxylic acids is 1. The molecule has 112 valence electrons. The van der Waals surface area contributed by atoms with Crippen LogP contribution in [0.1, 0.15) is 20.1 Å². The van der Waals surface area contributed by atoms with Gasteiger partial charge in [0.1, 0.15) is 0 Å². The summed E-state index contributed by atoms with van der Waals surface area (Å²) in [7, 11) is 0. The molecule has 0 atom stereocenters. The van der Waals surface area contributed by atoms with Gasteiger partial charge in [-0.05, 0) is 32.0 Å². The van der Waals surface area contributed by atoms with E-state index in [9.17, 15) is 13.6 Å². The Bertz CT molecular complexity index is 673. The fourth-order valence-corrected chi connectivity index (χ4v) is 3.70. The number of hydrogen-bond acceptors (Lipinski definition) is 3. The minimum absolute atomic E-state index is 0.173. The standard InChI is InChI=1S/C14H12ClF2NOS2/c1-7-6-9(8(2)20-7)13(19)18-11-5-3-4-10(15)12(11)21-14(16)17/h3-6,14H,1-2H3,(H,18,19). The van der Waals surface area contributed by atoms with Crippen LogP contribution in [0.4, 0.5) is 14.5 Å². The highest BCUT2D eigenvalue weighted by Gasteiger charge is 2.17. The second-order valence-electron chi connectivity index (χ2n) is 4.28. The fourth-order valence-electron chi connectivity index (χ4n) is 1.86. The molecule has 1 N–H and O–H groups in total. The molecule has 2 rings (SSSR count). The Balaban J connectivity index is 2.29. The molecular weight excluding hydrogens is 336 g/mol. The van der Waals surface area contributed by atoms with Crippen molar-refractivity contribution in [3.05, 3.63) is 44.6 Å². The van der Waals surface area contributed by atoms with Crippen LogP contribution in [0.2, 0.25) is 5.02 Å². The Kier molecular flexibility index (Phi) is 5.24. The highest BCUT2D eigenvalue weighted by Crippen LogP contribution is 2.38. The van der Waals surface area contributed by atoms with E-state index < -0.39 is 5.76 Å². The van der Waals surface area contributed by atoms with E-state index in [1.165, 1.54) is 17.4 Å². The number of thiophene rings is 1. The highest BCUT2D eigenvalue weighted by atomic mass is 35.5. The molecular formula is C14H12ClF2NOS2. The Morgan fingerprint density at radius 1 is 1.38 bits per heavy atom. The molecule has 7 heteroatoms. The summed E-state index contributed by atoms with van der Waals surface area (Å²) in [6, 6.07) is 6.46. The molecule has 1 aromatic heterocycles. The van der Waals surface area contributed by atoms with Crippen molar-refractivity contribution in [1.29, 1.82) is 0 Å². The van der Waals surface area contributed by atoms with Gasteiger partial charge in [0.25, 0.3) is 11.7 Å². The zero-order valence-corrected chi connectivity index (χ0v) is 13.6. The summed E-state index contributed by atoms with van der Waals surface area (Å²) in [5.41, 5.74) is 0.839. The van der Waals surface area contributed by atoms with Crippen molar-refractivity contribution in [1.82, 2.24) is 0 Å². The number of hydrogen-bond donors (Lipinski definition) is 1. The van der Waals surface area contributed by atoms with Crippen molar-refractivity contribution >= 4 is 46.3 Å². The van der Waals surface area contributed by atoms with Crippen LogP contribution in [0.3, 0.4) is 0 Å². The second-order valence-corrected chi connectivity index (χ2v) is 7.14. The van der Waals surface area contributed by atoms with Crippen LogP contribution in [0.5, 0.6) is 0 Å². The van der Waals surface area contributed by atoms with Gasteiger partial charge in [-0.15, -0.1) is 11.3 Å². The Morgan fingerprint density at radius 3 is 2.67 bits per heavy atom. The molecule has 0 spiro atoms. The molecule has 0 fully saturated rings. The first-order valence-corrected chi connectivity index (χ1v) is 8.07. The molecule has 1 aromatic carbocycles. The van der Waals surface area contributed by atoms with Crippen molar-refractivity contribution in [3.8, 4) is 0 Å². The number of alkyl halides is 2. The summed E-state index contributed by atoms with van der Waals surface area (Å²) in [6.45, 7) is 3.76. The molecule has 0 aliphatic heterocycles. The topological polar surface area (TPSA) is 29.1 Å². The van der Waals surface area contributed by atoms with Gasteiger partial charge >= 0.3 is 0 Å². The van der Waals surface area contributed by atoms with Crippen LogP contribution in [-0.2, 0) is 0 Å². The van der Waals surface area contributed by atoms with Gasteiger partial charge in [-0.2, -0.15) is 8.78 Å². The largest absolute Gasteiger partial charge is 0.321 e. The minimum Gasteiger partial charge on any atom is -0.321 e. The first-order valence-electron chi connectivity index (χ1n) is 6.00. The first-order chi connectivity index (χ1) is 9.88. The maximum absolute atomic E-state index is 12.6. The summed E-state index contributed by atoms with van der Waals surface area (Å²) in [5, 5.41) is 2.85. The van der Waals surface area contributed by atoms with Crippen LogP contribution in [-0.4, -0.2) is 11.7 Å². The number of halogens is 3. The molecule has 0 aliphatic carbocycles. The van der Waals surface area contributed by atoms with Gasteiger partial charge < -0.3 is 5.32 Å². The number of aryl methyl sites for hydroxylation is 2. The van der Waals surface area contributed by atoms with Gasteiger partial charge in [0.2, 0.25) is 0 Å². The van der Waals surface area contributed by atoms with Crippen LogP contribution in [0, 0.1) is 13.8 Å². The Labute approximate surface area is 134 Å². The van der Waals surface area contributed by atoms with E-state index in [-0.39, 0.29) is 15.8 Å². The molecule has 2 nitrogen and oxygen atoms in total. The van der Waals surface area contributed by atoms with Gasteiger partial charge in [0.15, 0.2) is 0 Å². The average Bonchev–Trinajstić information content (AvgIpc) is 2.72. The van der Waals surface area contributed by atoms with Crippen LogP contribution in [0.25, 0.3) is 0 Å². The summed E-state index contributed by atoms with van der Waals surface area (Å²) < 4.78 is 25.2. The fraction of sp³-hybridized carbons (Fsp3) is 0.214. The number of benzene rings is 1. The zero-order chi connectivity index (χ0) is 15.6. The normalized spacial score (nSPS) is 11.0. The molecule has 0 saturated carbocycles. The van der Waals surface area contributed by atoms with E-state index in [4.69, 9.17) is 11.6 Å². The maximum atomic E-state index is 12.6. The molecule has 1 heterocycles. The zero-order valence-electron chi connectivity index (χ0n) is 11.2. The lowest BCUT2D eigenvalue weighted by Gasteiger charge is -2.11. The summed E-state index contributed by atoms with van der Waals surface area (Å²) in [5.74, 6) is -2.93. The molecule has 0 unspecified atom stereocenters. The summed E-state index contributed by atoms with van der Waals surface area (Å²) in [4.78, 5) is 14.3. The SMILES string of the molecule is Cc1cc(C(=O)Nc2cccc(Cl)c2SC(F)F)c(C)s1. The third-order valence-electron chi connectivity index (χ3n) is 2.71. The van der Waals surface area contributed by atoms with Crippen LogP contribution < -0.4 is 5.32 Å². The Morgan fingerprint density at radius 2 is 2.10 bits per heavy atom. The molecule has 0 aliphatic rings. The third kappa shape index (κ3) is 3.96. The van der Waals surface area contributed by atoms with Gasteiger partial charge in [0.05, 0.1) is 21.2 Å². The molecule has 21 heavy (non-hydrogen) atoms. The van der Waals surface area contributed by atoms with E-state index >= 15 is 0 Å². The number of nitrogens with one attached hydrogen (secondary N) is 1. The number of carbonyl (C=O) groups is 1. The number of thioether (sulfide) groups is 1. The van der Waals surface area contributed by atoms with E-state index in [0.717, 1.165) is 9.75 Å². The predicted octanol–water partition coefficient (Wildman–Crippen LogP) is 5.59. The highest BCUT2D eigenvalue weighted by molar-refractivity contribution is 7.99. The van der Waals surface area contributed by atoms with Crippen LogP contribution >= 0.6 is 34.7 Å². The lowest BCUT2D eigenvalue weighted by molar-refractivity contribution is 0.102. The molecule has 0 radical (unpaired) electrons. The average molecular weight is 348 g/mol. The maximum Gasteiger partial charge on any atom is 0.289 e. The molecule has 0 saturated heterocycles. The van der Waals surface area contributed by atoms with Crippen molar-refractivity contribution in [3.63, 3.8) is 0 Å². The number of anilines is 1. The van der Waals surface area contributed by atoms with Gasteiger partial charge in [-0.1, -0.05) is 29.4 Å². The van der Waals surface area contributed by atoms with Crippen molar-refractivity contribution in [2.75, 3.05) is 5.32 Å². The number of amides is 1. The summed E-state index contributed by atoms with van der Waals surface area (Å²) in [6.07, 6.45) is 0. The Hall–Kier alpha value is -1.11. The molecule has 2 aromatic rings. The number of rotatable bonds is 4. The lowest BCUT2D eigenvalue weighted by Crippen LogP contribution is -2.13. The van der Waals surface area contributed by atoms with E-state index in [0.29, 0.717) is 23.0 Å². The van der Waals surface area contributed by atoms with Gasteiger partial charge in [-0.3, -0.25) is 4.79 Å². The minimum atomic E-state index is -2.61. The second kappa shape index (κ2) is 6.77. The third-order valence-corrected chi connectivity index (χ3v) is 4.95. The van der Waals surface area contributed by atoms with E-state index in [2.05, 4.69) is 5.32 Å². The van der Waals surface area contributed by atoms with Crippen molar-refractivity contribution in [2.24, 2.45) is 0 Å². The smallest absolute Gasteiger partial charge is 0.289 e. The first kappa shape index (κ1) is 16.3. The monoisotopic (exact) mass is 347 g/mol. The van der Waals surface area contributed by atoms with Crippen LogP contribution in [0.15, 0.2) is 29.2 Å². The van der Waals surface area contributed by atoms with E-state index in [1.807, 2.05) is 13.8 Å². The van der Waals surface area contributed by atoms with Crippen molar-refractivity contribution in [2.45, 2.75) is 24.5 Å². The lowest BCUT2D eigenvalue weighted by atomic mass is 10.2. The van der Waals surface area contributed by atoms with Gasteiger partial charge in [0, 0.05) is 9.75 Å². The quantitative estimate of drug-likeness (QED) is 0.731. The molecule has 0 bridgehead atoms.